The molecule has 0 unspecified atom stereocenters. The lowest BCUT2D eigenvalue weighted by Gasteiger charge is -2.22. The van der Waals surface area contributed by atoms with Gasteiger partial charge in [0, 0.05) is 20.6 Å². The molecule has 1 aromatic rings. The van der Waals surface area contributed by atoms with Gasteiger partial charge in [0.05, 0.1) is 18.1 Å². The molecule has 0 bridgehead atoms. The van der Waals surface area contributed by atoms with E-state index in [1.807, 2.05) is 17.9 Å². The van der Waals surface area contributed by atoms with Crippen molar-refractivity contribution in [3.63, 3.8) is 0 Å². The van der Waals surface area contributed by atoms with Crippen LogP contribution < -0.4 is 4.74 Å². The van der Waals surface area contributed by atoms with Crippen LogP contribution in [0.15, 0.2) is 16.6 Å². The van der Waals surface area contributed by atoms with Crippen molar-refractivity contribution in [1.29, 1.82) is 0 Å². The fraction of sp³-hybridized carbons (Fsp3) is 0.500. The lowest BCUT2D eigenvalue weighted by Crippen LogP contribution is -2.36. The van der Waals surface area contributed by atoms with E-state index in [9.17, 15) is 9.90 Å². The number of benzene rings is 1. The SMILES string of the molecule is CCN(CC(=O)N(C)C)Cc1cc(Br)c(O)c(OC)c1. The molecule has 0 heterocycles. The Bertz CT molecular complexity index is 478. The van der Waals surface area contributed by atoms with E-state index in [0.29, 0.717) is 23.3 Å². The number of amides is 1. The van der Waals surface area contributed by atoms with E-state index in [1.54, 1.807) is 25.1 Å². The van der Waals surface area contributed by atoms with Crippen LogP contribution in [0.25, 0.3) is 0 Å². The van der Waals surface area contributed by atoms with Crippen molar-refractivity contribution in [3.05, 3.63) is 22.2 Å². The Labute approximate surface area is 128 Å². The molecule has 0 atom stereocenters. The maximum absolute atomic E-state index is 11.8. The van der Waals surface area contributed by atoms with Crippen LogP contribution in [-0.4, -0.2) is 55.1 Å². The highest BCUT2D eigenvalue weighted by Gasteiger charge is 2.14. The van der Waals surface area contributed by atoms with Gasteiger partial charge in [-0.25, -0.2) is 0 Å². The molecular formula is C14H21BrN2O3. The van der Waals surface area contributed by atoms with Crippen LogP contribution in [0.3, 0.4) is 0 Å². The summed E-state index contributed by atoms with van der Waals surface area (Å²) in [5.74, 6) is 0.574. The Hall–Kier alpha value is -1.27. The first-order valence-electron chi connectivity index (χ1n) is 6.36. The van der Waals surface area contributed by atoms with Gasteiger partial charge in [-0.2, -0.15) is 0 Å². The molecule has 112 valence electrons. The van der Waals surface area contributed by atoms with Crippen LogP contribution in [0.5, 0.6) is 11.5 Å². The van der Waals surface area contributed by atoms with Gasteiger partial charge in [-0.1, -0.05) is 6.92 Å². The molecule has 0 saturated carbocycles. The number of likely N-dealkylation sites (N-methyl/N-ethyl adjacent to an activating group) is 2. The summed E-state index contributed by atoms with van der Waals surface area (Å²) in [6.07, 6.45) is 0. The van der Waals surface area contributed by atoms with E-state index >= 15 is 0 Å². The van der Waals surface area contributed by atoms with Crippen molar-refractivity contribution in [3.8, 4) is 11.5 Å². The van der Waals surface area contributed by atoms with Crippen LogP contribution in [0.2, 0.25) is 0 Å². The zero-order chi connectivity index (χ0) is 15.3. The van der Waals surface area contributed by atoms with Gasteiger partial charge in [0.1, 0.15) is 0 Å². The summed E-state index contributed by atoms with van der Waals surface area (Å²) in [6, 6.07) is 3.61. The van der Waals surface area contributed by atoms with Gasteiger partial charge in [-0.3, -0.25) is 9.69 Å². The highest BCUT2D eigenvalue weighted by molar-refractivity contribution is 9.10. The minimum Gasteiger partial charge on any atom is -0.503 e. The number of hydrogen-bond donors (Lipinski definition) is 1. The van der Waals surface area contributed by atoms with Gasteiger partial charge in [-0.15, -0.1) is 0 Å². The Morgan fingerprint density at radius 3 is 2.55 bits per heavy atom. The molecule has 20 heavy (non-hydrogen) atoms. The number of phenols is 1. The second-order valence-electron chi connectivity index (χ2n) is 4.72. The zero-order valence-corrected chi connectivity index (χ0v) is 13.9. The summed E-state index contributed by atoms with van der Waals surface area (Å²) in [7, 11) is 5.01. The normalized spacial score (nSPS) is 10.7. The Balaban J connectivity index is 2.85. The van der Waals surface area contributed by atoms with Crippen molar-refractivity contribution < 1.29 is 14.6 Å². The van der Waals surface area contributed by atoms with E-state index in [4.69, 9.17) is 4.74 Å². The highest BCUT2D eigenvalue weighted by Crippen LogP contribution is 2.35. The van der Waals surface area contributed by atoms with Crippen LogP contribution in [0, 0.1) is 0 Å². The molecule has 1 aromatic carbocycles. The third kappa shape index (κ3) is 4.38. The number of methoxy groups -OCH3 is 1. The lowest BCUT2D eigenvalue weighted by molar-refractivity contribution is -0.130. The van der Waals surface area contributed by atoms with Gasteiger partial charge in [0.25, 0.3) is 0 Å². The number of halogens is 1. The average molecular weight is 345 g/mol. The van der Waals surface area contributed by atoms with Crippen molar-refractivity contribution in [2.24, 2.45) is 0 Å². The molecule has 0 aliphatic carbocycles. The maximum atomic E-state index is 11.8. The molecule has 5 nitrogen and oxygen atoms in total. The number of carbonyl (C=O) groups is 1. The predicted octanol–water partition coefficient (Wildman–Crippen LogP) is 2.07. The highest BCUT2D eigenvalue weighted by atomic mass is 79.9. The van der Waals surface area contributed by atoms with Crippen LogP contribution in [0.4, 0.5) is 0 Å². The van der Waals surface area contributed by atoms with Crippen molar-refractivity contribution in [2.75, 3.05) is 34.3 Å². The Morgan fingerprint density at radius 2 is 2.05 bits per heavy atom. The fourth-order valence-corrected chi connectivity index (χ4v) is 2.23. The Kier molecular flexibility index (Phi) is 6.29. The molecule has 0 fully saturated rings. The standard InChI is InChI=1S/C14H21BrN2O3/c1-5-17(9-13(18)16(2)3)8-10-6-11(15)14(19)12(7-10)20-4/h6-7,19H,5,8-9H2,1-4H3. The van der Waals surface area contributed by atoms with E-state index < -0.39 is 0 Å². The van der Waals surface area contributed by atoms with Crippen molar-refractivity contribution >= 4 is 21.8 Å². The van der Waals surface area contributed by atoms with Gasteiger partial charge in [-0.05, 0) is 40.2 Å². The summed E-state index contributed by atoms with van der Waals surface area (Å²) in [5, 5.41) is 9.79. The quantitative estimate of drug-likeness (QED) is 0.858. The van der Waals surface area contributed by atoms with Gasteiger partial charge in [0.15, 0.2) is 11.5 Å². The molecule has 0 aromatic heterocycles. The minimum absolute atomic E-state index is 0.0664. The van der Waals surface area contributed by atoms with E-state index in [1.165, 1.54) is 7.11 Å². The number of hydrogen-bond acceptors (Lipinski definition) is 4. The first kappa shape index (κ1) is 16.8. The topological polar surface area (TPSA) is 53.0 Å². The third-order valence-corrected chi connectivity index (χ3v) is 3.62. The maximum Gasteiger partial charge on any atom is 0.236 e. The lowest BCUT2D eigenvalue weighted by atomic mass is 10.2. The average Bonchev–Trinajstić information content (AvgIpc) is 2.41. The first-order valence-corrected chi connectivity index (χ1v) is 7.16. The smallest absolute Gasteiger partial charge is 0.236 e. The van der Waals surface area contributed by atoms with E-state index in [0.717, 1.165) is 12.1 Å². The number of ether oxygens (including phenoxy) is 1. The summed E-state index contributed by atoms with van der Waals surface area (Å²) >= 11 is 3.30. The predicted molar refractivity (Wildman–Crippen MR) is 82.0 cm³/mol. The molecule has 0 saturated heterocycles. The summed E-state index contributed by atoms with van der Waals surface area (Å²) in [4.78, 5) is 15.4. The van der Waals surface area contributed by atoms with E-state index in [-0.39, 0.29) is 11.7 Å². The molecule has 0 radical (unpaired) electrons. The van der Waals surface area contributed by atoms with E-state index in [2.05, 4.69) is 15.9 Å². The van der Waals surface area contributed by atoms with Crippen LogP contribution in [-0.2, 0) is 11.3 Å². The second kappa shape index (κ2) is 7.50. The molecular weight excluding hydrogens is 324 g/mol. The minimum atomic E-state index is 0.0664. The van der Waals surface area contributed by atoms with Gasteiger partial charge in [0.2, 0.25) is 5.91 Å². The van der Waals surface area contributed by atoms with Crippen molar-refractivity contribution in [2.45, 2.75) is 13.5 Å². The van der Waals surface area contributed by atoms with Crippen LogP contribution >= 0.6 is 15.9 Å². The number of nitrogens with zero attached hydrogens (tertiary/aromatic N) is 2. The number of rotatable bonds is 6. The largest absolute Gasteiger partial charge is 0.503 e. The molecule has 1 amide bonds. The molecule has 1 N–H and O–H groups in total. The second-order valence-corrected chi connectivity index (χ2v) is 5.57. The molecule has 0 aliphatic heterocycles. The summed E-state index contributed by atoms with van der Waals surface area (Å²) < 4.78 is 5.71. The molecule has 6 heteroatoms. The van der Waals surface area contributed by atoms with Gasteiger partial charge < -0.3 is 14.7 Å². The first-order chi connectivity index (χ1) is 9.38. The molecule has 0 aliphatic rings. The van der Waals surface area contributed by atoms with Crippen LogP contribution in [0.1, 0.15) is 12.5 Å². The zero-order valence-electron chi connectivity index (χ0n) is 12.3. The third-order valence-electron chi connectivity index (χ3n) is 3.02. The fourth-order valence-electron chi connectivity index (χ4n) is 1.74. The summed E-state index contributed by atoms with van der Waals surface area (Å²) in [6.45, 7) is 3.76. The van der Waals surface area contributed by atoms with Gasteiger partial charge >= 0.3 is 0 Å². The number of carbonyl (C=O) groups excluding carboxylic acids is 1. The number of aromatic hydroxyl groups is 1. The summed E-state index contributed by atoms with van der Waals surface area (Å²) in [5.41, 5.74) is 0.972. The number of phenolic OH excluding ortho intramolecular Hbond substituents is 1. The Morgan fingerprint density at radius 1 is 1.40 bits per heavy atom. The molecule has 1 rings (SSSR count). The monoisotopic (exact) mass is 344 g/mol. The molecule has 0 spiro atoms. The van der Waals surface area contributed by atoms with Crippen molar-refractivity contribution in [1.82, 2.24) is 9.80 Å².